The van der Waals surface area contributed by atoms with Crippen LogP contribution in [-0.4, -0.2) is 30.1 Å². The normalized spacial score (nSPS) is 15.3. The van der Waals surface area contributed by atoms with Crippen molar-refractivity contribution >= 4 is 23.5 Å². The van der Waals surface area contributed by atoms with Crippen molar-refractivity contribution in [3.05, 3.63) is 28.8 Å². The van der Waals surface area contributed by atoms with Crippen LogP contribution in [0, 0.1) is 5.92 Å². The second-order valence-corrected chi connectivity index (χ2v) is 5.98. The number of phenolic OH excluding ortho intramolecular Hbond substituents is 1. The first kappa shape index (κ1) is 16.6. The van der Waals surface area contributed by atoms with Gasteiger partial charge in [0.25, 0.3) is 5.91 Å². The molecule has 0 radical (unpaired) electrons. The summed E-state index contributed by atoms with van der Waals surface area (Å²) in [4.78, 5) is 23.5. The number of halogens is 1. The van der Waals surface area contributed by atoms with E-state index in [2.05, 4.69) is 5.32 Å². The standard InChI is InChI=1S/C16H20ClNO4/c17-12-6-7-14(19)13(8-12)16(21)22-10-15(20)18-9-11-4-2-1-3-5-11/h6-8,11,19H,1-5,9-10H2,(H,18,20). The first-order valence-corrected chi connectivity index (χ1v) is 7.86. The predicted molar refractivity (Wildman–Crippen MR) is 83.0 cm³/mol. The van der Waals surface area contributed by atoms with Crippen molar-refractivity contribution < 1.29 is 19.4 Å². The van der Waals surface area contributed by atoms with Crippen molar-refractivity contribution in [2.24, 2.45) is 5.92 Å². The Morgan fingerprint density at radius 1 is 1.27 bits per heavy atom. The SMILES string of the molecule is O=C(COC(=O)c1cc(Cl)ccc1O)NCC1CCCCC1. The summed E-state index contributed by atoms with van der Waals surface area (Å²) in [7, 11) is 0. The van der Waals surface area contributed by atoms with E-state index >= 15 is 0 Å². The van der Waals surface area contributed by atoms with Gasteiger partial charge in [0, 0.05) is 11.6 Å². The van der Waals surface area contributed by atoms with E-state index in [4.69, 9.17) is 16.3 Å². The maximum atomic E-state index is 11.8. The van der Waals surface area contributed by atoms with Crippen molar-refractivity contribution in [2.45, 2.75) is 32.1 Å². The quantitative estimate of drug-likeness (QED) is 0.816. The van der Waals surface area contributed by atoms with Gasteiger partial charge < -0.3 is 15.2 Å². The van der Waals surface area contributed by atoms with E-state index in [0.29, 0.717) is 17.5 Å². The predicted octanol–water partition coefficient (Wildman–Crippen LogP) is 2.90. The fourth-order valence-electron chi connectivity index (χ4n) is 2.58. The molecule has 1 aromatic carbocycles. The summed E-state index contributed by atoms with van der Waals surface area (Å²) >= 11 is 5.76. The van der Waals surface area contributed by atoms with Crippen LogP contribution in [-0.2, 0) is 9.53 Å². The highest BCUT2D eigenvalue weighted by Gasteiger charge is 2.17. The number of phenols is 1. The number of carbonyl (C=O) groups is 2. The average Bonchev–Trinajstić information content (AvgIpc) is 2.54. The summed E-state index contributed by atoms with van der Waals surface area (Å²) in [6.07, 6.45) is 5.96. The molecule has 1 aromatic rings. The van der Waals surface area contributed by atoms with Gasteiger partial charge in [-0.2, -0.15) is 0 Å². The van der Waals surface area contributed by atoms with Crippen LogP contribution in [0.2, 0.25) is 5.02 Å². The fourth-order valence-corrected chi connectivity index (χ4v) is 2.75. The zero-order chi connectivity index (χ0) is 15.9. The van der Waals surface area contributed by atoms with Gasteiger partial charge in [-0.05, 0) is 37.0 Å². The van der Waals surface area contributed by atoms with Gasteiger partial charge in [-0.3, -0.25) is 4.79 Å². The second kappa shape index (κ2) is 8.03. The molecule has 0 aliphatic heterocycles. The third-order valence-electron chi connectivity index (χ3n) is 3.83. The topological polar surface area (TPSA) is 75.6 Å². The van der Waals surface area contributed by atoms with Gasteiger partial charge in [0.2, 0.25) is 0 Å². The van der Waals surface area contributed by atoms with E-state index in [9.17, 15) is 14.7 Å². The molecule has 5 nitrogen and oxygen atoms in total. The monoisotopic (exact) mass is 325 g/mol. The molecule has 0 heterocycles. The molecule has 1 saturated carbocycles. The van der Waals surface area contributed by atoms with Crippen LogP contribution < -0.4 is 5.32 Å². The first-order chi connectivity index (χ1) is 10.6. The zero-order valence-electron chi connectivity index (χ0n) is 12.3. The van der Waals surface area contributed by atoms with Crippen LogP contribution in [0.4, 0.5) is 0 Å². The lowest BCUT2D eigenvalue weighted by Gasteiger charge is -2.21. The summed E-state index contributed by atoms with van der Waals surface area (Å²) < 4.78 is 4.90. The Kier molecular flexibility index (Phi) is 6.07. The summed E-state index contributed by atoms with van der Waals surface area (Å²) in [5.41, 5.74) is -0.0485. The molecule has 120 valence electrons. The first-order valence-electron chi connectivity index (χ1n) is 7.48. The number of ether oxygens (including phenoxy) is 1. The summed E-state index contributed by atoms with van der Waals surface area (Å²) in [5, 5.41) is 12.7. The van der Waals surface area contributed by atoms with Crippen LogP contribution in [0.5, 0.6) is 5.75 Å². The summed E-state index contributed by atoms with van der Waals surface area (Å²) in [6.45, 7) is 0.260. The molecule has 0 aromatic heterocycles. The van der Waals surface area contributed by atoms with Gasteiger partial charge in [0.1, 0.15) is 11.3 Å². The molecule has 2 N–H and O–H groups in total. The summed E-state index contributed by atoms with van der Waals surface area (Å²) in [6, 6.07) is 4.08. The molecule has 0 atom stereocenters. The Bertz CT molecular complexity index is 541. The fraction of sp³-hybridized carbons (Fsp3) is 0.500. The second-order valence-electron chi connectivity index (χ2n) is 5.55. The number of amides is 1. The molecular weight excluding hydrogens is 306 g/mol. The van der Waals surface area contributed by atoms with Gasteiger partial charge in [-0.25, -0.2) is 4.79 Å². The van der Waals surface area contributed by atoms with E-state index in [-0.39, 0.29) is 23.8 Å². The highest BCUT2D eigenvalue weighted by Crippen LogP contribution is 2.23. The maximum Gasteiger partial charge on any atom is 0.342 e. The van der Waals surface area contributed by atoms with Crippen LogP contribution in [0.3, 0.4) is 0 Å². The number of carbonyl (C=O) groups excluding carboxylic acids is 2. The highest BCUT2D eigenvalue weighted by atomic mass is 35.5. The van der Waals surface area contributed by atoms with Crippen molar-refractivity contribution in [3.8, 4) is 5.75 Å². The Morgan fingerprint density at radius 2 is 2.00 bits per heavy atom. The van der Waals surface area contributed by atoms with E-state index in [1.807, 2.05) is 0 Å². The number of aromatic hydroxyl groups is 1. The van der Waals surface area contributed by atoms with Gasteiger partial charge in [0.05, 0.1) is 0 Å². The molecule has 0 saturated heterocycles. The van der Waals surface area contributed by atoms with Crippen LogP contribution in [0.25, 0.3) is 0 Å². The molecule has 0 bridgehead atoms. The van der Waals surface area contributed by atoms with Crippen molar-refractivity contribution in [1.82, 2.24) is 5.32 Å². The van der Waals surface area contributed by atoms with E-state index in [1.54, 1.807) is 0 Å². The number of hydrogen-bond acceptors (Lipinski definition) is 4. The van der Waals surface area contributed by atoms with Crippen LogP contribution in [0.15, 0.2) is 18.2 Å². The average molecular weight is 326 g/mol. The lowest BCUT2D eigenvalue weighted by atomic mass is 9.89. The smallest absolute Gasteiger partial charge is 0.342 e. The van der Waals surface area contributed by atoms with Gasteiger partial charge in [0.15, 0.2) is 6.61 Å². The van der Waals surface area contributed by atoms with Crippen molar-refractivity contribution in [2.75, 3.05) is 13.2 Å². The van der Waals surface area contributed by atoms with Crippen molar-refractivity contribution in [3.63, 3.8) is 0 Å². The molecule has 6 heteroatoms. The Labute approximate surface area is 134 Å². The molecule has 22 heavy (non-hydrogen) atoms. The van der Waals surface area contributed by atoms with Crippen molar-refractivity contribution in [1.29, 1.82) is 0 Å². The lowest BCUT2D eigenvalue weighted by molar-refractivity contribution is -0.124. The Hall–Kier alpha value is -1.75. The molecule has 1 amide bonds. The Balaban J connectivity index is 1.75. The molecule has 1 aliphatic rings. The van der Waals surface area contributed by atoms with E-state index in [1.165, 1.54) is 37.5 Å². The lowest BCUT2D eigenvalue weighted by Crippen LogP contribution is -2.33. The van der Waals surface area contributed by atoms with Gasteiger partial charge >= 0.3 is 5.97 Å². The maximum absolute atomic E-state index is 11.8. The van der Waals surface area contributed by atoms with Gasteiger partial charge in [-0.15, -0.1) is 0 Å². The Morgan fingerprint density at radius 3 is 2.73 bits per heavy atom. The third kappa shape index (κ3) is 4.91. The number of nitrogens with one attached hydrogen (secondary N) is 1. The minimum Gasteiger partial charge on any atom is -0.507 e. The van der Waals surface area contributed by atoms with Crippen LogP contribution in [0.1, 0.15) is 42.5 Å². The minimum atomic E-state index is -0.771. The van der Waals surface area contributed by atoms with Crippen LogP contribution >= 0.6 is 11.6 Å². The van der Waals surface area contributed by atoms with E-state index in [0.717, 1.165) is 12.8 Å². The molecular formula is C16H20ClNO4. The van der Waals surface area contributed by atoms with Gasteiger partial charge in [-0.1, -0.05) is 30.9 Å². The largest absolute Gasteiger partial charge is 0.507 e. The molecule has 2 rings (SSSR count). The number of rotatable bonds is 5. The number of benzene rings is 1. The molecule has 0 spiro atoms. The highest BCUT2D eigenvalue weighted by molar-refractivity contribution is 6.31. The zero-order valence-corrected chi connectivity index (χ0v) is 13.1. The third-order valence-corrected chi connectivity index (χ3v) is 4.06. The summed E-state index contributed by atoms with van der Waals surface area (Å²) in [5.74, 6) is -0.810. The van der Waals surface area contributed by atoms with E-state index < -0.39 is 5.97 Å². The minimum absolute atomic E-state index is 0.0485. The number of esters is 1. The molecule has 1 fully saturated rings. The number of hydrogen-bond donors (Lipinski definition) is 2. The molecule has 0 unspecified atom stereocenters. The molecule has 1 aliphatic carbocycles.